The van der Waals surface area contributed by atoms with Crippen molar-refractivity contribution in [3.05, 3.63) is 11.1 Å². The van der Waals surface area contributed by atoms with E-state index in [0.29, 0.717) is 12.8 Å². The lowest BCUT2D eigenvalue weighted by molar-refractivity contribution is -0.126. The third-order valence-corrected chi connectivity index (χ3v) is 3.43. The zero-order chi connectivity index (χ0) is 17.3. The van der Waals surface area contributed by atoms with Crippen molar-refractivity contribution in [2.24, 2.45) is 0 Å². The largest absolute Gasteiger partial charge is 0.365 e. The molecule has 2 N–H and O–H groups in total. The Morgan fingerprint density at radius 1 is 1.41 bits per heavy atom. The molecule has 1 rings (SSSR count). The van der Waals surface area contributed by atoms with Crippen LogP contribution in [0.1, 0.15) is 25.1 Å². The normalized spacial score (nSPS) is 11.9. The quantitative estimate of drug-likeness (QED) is 0.694. The number of ketones is 1. The van der Waals surface area contributed by atoms with Crippen LogP contribution in [0.5, 0.6) is 0 Å². The lowest BCUT2D eigenvalue weighted by atomic mass is 10.2. The van der Waals surface area contributed by atoms with Crippen LogP contribution in [0, 0.1) is 0 Å². The van der Waals surface area contributed by atoms with Crippen LogP contribution < -0.4 is 10.6 Å². The van der Waals surface area contributed by atoms with E-state index >= 15 is 0 Å². The first-order chi connectivity index (χ1) is 10.0. The summed E-state index contributed by atoms with van der Waals surface area (Å²) >= 11 is 15.4. The molecule has 0 radical (unpaired) electrons. The molecule has 1 unspecified atom stereocenters. The molecule has 0 fully saturated rings. The highest BCUT2D eigenvalue weighted by atomic mass is 36.0. The van der Waals surface area contributed by atoms with E-state index in [1.807, 2.05) is 7.05 Å². The number of aryl methyl sites for hydroxylation is 1. The van der Waals surface area contributed by atoms with Gasteiger partial charge >= 0.3 is 5.20 Å². The molecule has 11 heteroatoms. The molecule has 1 heterocycles. The van der Waals surface area contributed by atoms with Crippen molar-refractivity contribution in [1.29, 1.82) is 0 Å². The number of rotatable bonds is 6. The van der Waals surface area contributed by atoms with Crippen LogP contribution in [0.2, 0.25) is 0 Å². The van der Waals surface area contributed by atoms with E-state index in [9.17, 15) is 14.2 Å². The third-order valence-electron chi connectivity index (χ3n) is 2.35. The summed E-state index contributed by atoms with van der Waals surface area (Å²) in [6.07, 6.45) is 2.79. The Morgan fingerprint density at radius 3 is 2.36 bits per heavy atom. The number of aromatic nitrogens is 1. The summed E-state index contributed by atoms with van der Waals surface area (Å²) in [4.78, 5) is 27.7. The molecule has 0 spiro atoms. The molecule has 0 aromatic carbocycles. The lowest BCUT2D eigenvalue weighted by Gasteiger charge is -2.09. The summed E-state index contributed by atoms with van der Waals surface area (Å²) in [5.74, 6) is -0.138. The monoisotopic (exact) mass is 407 g/mol. The Hall–Kier alpha value is -0.330. The first kappa shape index (κ1) is 21.7. The van der Waals surface area contributed by atoms with Gasteiger partial charge in [-0.25, -0.2) is 4.98 Å². The Bertz CT molecular complexity index is 541. The minimum Gasteiger partial charge on any atom is -0.365 e. The van der Waals surface area contributed by atoms with E-state index < -0.39 is 11.2 Å². The zero-order valence-corrected chi connectivity index (χ0v) is 16.2. The Labute approximate surface area is 147 Å². The van der Waals surface area contributed by atoms with Gasteiger partial charge in [0, 0.05) is 24.5 Å². The molecule has 126 valence electrons. The van der Waals surface area contributed by atoms with E-state index in [2.05, 4.69) is 49.3 Å². The maximum atomic E-state index is 11.5. The molecular weight excluding hydrogens is 392 g/mol. The summed E-state index contributed by atoms with van der Waals surface area (Å²) in [7, 11) is 1.81. The second kappa shape index (κ2) is 10.4. The molecule has 0 bridgehead atoms. The van der Waals surface area contributed by atoms with Gasteiger partial charge in [-0.3, -0.25) is 14.2 Å². The molecular formula is C11H17Cl3N3O3PS. The SMILES string of the molecule is CNc1ncc(CCC(=O)NC(C)C(C)=O)s1.O=P(Cl)(Cl)Cl. The van der Waals surface area contributed by atoms with Gasteiger partial charge < -0.3 is 10.6 Å². The molecule has 1 aromatic heterocycles. The molecule has 0 aliphatic rings. The number of nitrogens with one attached hydrogen (secondary N) is 2. The molecule has 6 nitrogen and oxygen atoms in total. The predicted octanol–water partition coefficient (Wildman–Crippen LogP) is 4.02. The minimum absolute atomic E-state index is 0.0337. The second-order valence-corrected chi connectivity index (χ2v) is 11.9. The molecule has 0 saturated heterocycles. The van der Waals surface area contributed by atoms with E-state index in [0.717, 1.165) is 10.0 Å². The standard InChI is InChI=1S/C11H17N3O2S.Cl3OP/c1-7(8(2)15)14-10(16)5-4-9-6-13-11(12-3)17-9;1-5(2,3)4/h6-7H,4-5H2,1-3H3,(H,12,13)(H,14,16);. The highest BCUT2D eigenvalue weighted by Gasteiger charge is 2.11. The van der Waals surface area contributed by atoms with E-state index in [4.69, 9.17) is 0 Å². The van der Waals surface area contributed by atoms with E-state index in [-0.39, 0.29) is 11.7 Å². The van der Waals surface area contributed by atoms with Gasteiger partial charge in [0.1, 0.15) is 0 Å². The lowest BCUT2D eigenvalue weighted by Crippen LogP contribution is -2.37. The Morgan fingerprint density at radius 2 is 1.95 bits per heavy atom. The van der Waals surface area contributed by atoms with Gasteiger partial charge in [-0.1, -0.05) is 0 Å². The Balaban J connectivity index is 0.000000763. The second-order valence-electron chi connectivity index (χ2n) is 4.18. The van der Waals surface area contributed by atoms with E-state index in [1.54, 1.807) is 13.1 Å². The summed E-state index contributed by atoms with van der Waals surface area (Å²) < 4.78 is 9.51. The van der Waals surface area contributed by atoms with Crippen molar-refractivity contribution >= 4 is 67.1 Å². The summed E-state index contributed by atoms with van der Waals surface area (Å²) in [5.41, 5.74) is 0. The van der Waals surface area contributed by atoms with Crippen molar-refractivity contribution in [1.82, 2.24) is 10.3 Å². The van der Waals surface area contributed by atoms with Crippen molar-refractivity contribution in [2.45, 2.75) is 32.7 Å². The smallest absolute Gasteiger partial charge is 0.339 e. The molecule has 1 aromatic rings. The van der Waals surface area contributed by atoms with Crippen molar-refractivity contribution < 1.29 is 14.2 Å². The highest BCUT2D eigenvalue weighted by Crippen LogP contribution is 2.61. The molecule has 22 heavy (non-hydrogen) atoms. The number of thiazole rings is 1. The number of carbonyl (C=O) groups is 2. The van der Waals surface area contributed by atoms with Gasteiger partial charge in [-0.05, 0) is 54.0 Å². The average molecular weight is 409 g/mol. The van der Waals surface area contributed by atoms with Gasteiger partial charge in [0.25, 0.3) is 0 Å². The van der Waals surface area contributed by atoms with Crippen LogP contribution in [-0.2, 0) is 20.6 Å². The molecule has 1 amide bonds. The molecule has 0 aliphatic heterocycles. The van der Waals surface area contributed by atoms with Crippen LogP contribution in [0.15, 0.2) is 6.20 Å². The number of halogens is 3. The molecule has 0 saturated carbocycles. The van der Waals surface area contributed by atoms with Gasteiger partial charge in [-0.15, -0.1) is 11.3 Å². The number of hydrogen-bond acceptors (Lipinski definition) is 6. The van der Waals surface area contributed by atoms with Crippen molar-refractivity contribution in [2.75, 3.05) is 12.4 Å². The van der Waals surface area contributed by atoms with Crippen LogP contribution in [0.3, 0.4) is 0 Å². The number of carbonyl (C=O) groups excluding carboxylic acids is 2. The number of amides is 1. The number of Topliss-reactive ketones (excluding diaryl/α,β-unsaturated/α-hetero) is 1. The molecule has 0 aliphatic carbocycles. The summed E-state index contributed by atoms with van der Waals surface area (Å²) in [5, 5.41) is 3.22. The Kier molecular flexibility index (Phi) is 10.3. The maximum absolute atomic E-state index is 11.5. The fourth-order valence-electron chi connectivity index (χ4n) is 1.19. The average Bonchev–Trinajstić information content (AvgIpc) is 2.82. The van der Waals surface area contributed by atoms with Gasteiger partial charge in [0.05, 0.1) is 6.04 Å². The topological polar surface area (TPSA) is 88.2 Å². The van der Waals surface area contributed by atoms with Crippen LogP contribution in [0.4, 0.5) is 5.13 Å². The number of nitrogens with zero attached hydrogens (tertiary/aromatic N) is 1. The minimum atomic E-state index is -3.22. The van der Waals surface area contributed by atoms with Gasteiger partial charge in [0.2, 0.25) is 5.91 Å². The predicted molar refractivity (Wildman–Crippen MR) is 93.4 cm³/mol. The van der Waals surface area contributed by atoms with Crippen LogP contribution in [-0.4, -0.2) is 29.8 Å². The van der Waals surface area contributed by atoms with Crippen molar-refractivity contribution in [3.8, 4) is 0 Å². The van der Waals surface area contributed by atoms with Crippen LogP contribution >= 0.6 is 50.3 Å². The van der Waals surface area contributed by atoms with E-state index in [1.165, 1.54) is 18.3 Å². The van der Waals surface area contributed by atoms with Gasteiger partial charge in [0.15, 0.2) is 10.9 Å². The fraction of sp³-hybridized carbons (Fsp3) is 0.545. The molecule has 1 atom stereocenters. The number of hydrogen-bond donors (Lipinski definition) is 2. The van der Waals surface area contributed by atoms with Crippen molar-refractivity contribution in [3.63, 3.8) is 0 Å². The van der Waals surface area contributed by atoms with Gasteiger partial charge in [-0.2, -0.15) is 0 Å². The summed E-state index contributed by atoms with van der Waals surface area (Å²) in [6, 6.07) is -0.406. The highest BCUT2D eigenvalue weighted by molar-refractivity contribution is 8.24. The maximum Gasteiger partial charge on any atom is 0.339 e. The number of anilines is 1. The summed E-state index contributed by atoms with van der Waals surface area (Å²) in [6.45, 7) is 3.15. The third kappa shape index (κ3) is 12.2. The first-order valence-electron chi connectivity index (χ1n) is 6.14. The zero-order valence-electron chi connectivity index (χ0n) is 12.2. The first-order valence-corrected chi connectivity index (χ1v) is 11.4. The van der Waals surface area contributed by atoms with Crippen LogP contribution in [0.25, 0.3) is 0 Å². The fourth-order valence-corrected chi connectivity index (χ4v) is 1.96.